The van der Waals surface area contributed by atoms with Crippen molar-refractivity contribution in [1.82, 2.24) is 10.2 Å². The number of rotatable bonds is 8. The Hall–Kier alpha value is -1.43. The van der Waals surface area contributed by atoms with Crippen LogP contribution in [0, 0.1) is 5.92 Å². The Balaban J connectivity index is 1.77. The van der Waals surface area contributed by atoms with Crippen molar-refractivity contribution in [1.29, 1.82) is 0 Å². The van der Waals surface area contributed by atoms with Gasteiger partial charge in [0.1, 0.15) is 0 Å². The first-order valence-corrected chi connectivity index (χ1v) is 7.81. The second-order valence-electron chi connectivity index (χ2n) is 5.72. The van der Waals surface area contributed by atoms with Gasteiger partial charge >= 0.3 is 0 Å². The summed E-state index contributed by atoms with van der Waals surface area (Å²) in [7, 11) is 3.29. The van der Waals surface area contributed by atoms with Gasteiger partial charge in [0.05, 0.1) is 6.61 Å². The van der Waals surface area contributed by atoms with Crippen LogP contribution in [-0.2, 0) is 14.3 Å². The lowest BCUT2D eigenvalue weighted by molar-refractivity contribution is -0.131. The van der Waals surface area contributed by atoms with Crippen molar-refractivity contribution >= 4 is 5.91 Å². The van der Waals surface area contributed by atoms with Crippen molar-refractivity contribution in [3.8, 4) is 0 Å². The fraction of sp³-hybridized carbons (Fsp3) is 0.588. The first-order valence-electron chi connectivity index (χ1n) is 7.81. The Bertz CT molecular complexity index is 452. The second kappa shape index (κ2) is 8.88. The molecule has 2 atom stereocenters. The number of likely N-dealkylation sites (tertiary alicyclic amines) is 1. The van der Waals surface area contributed by atoms with Crippen molar-refractivity contribution in [3.05, 3.63) is 35.9 Å². The molecule has 0 saturated carbocycles. The zero-order chi connectivity index (χ0) is 15.8. The number of hydrogen-bond donors (Lipinski definition) is 1. The lowest BCUT2D eigenvalue weighted by Gasteiger charge is -2.18. The monoisotopic (exact) mass is 306 g/mol. The van der Waals surface area contributed by atoms with Crippen LogP contribution in [0.3, 0.4) is 0 Å². The van der Waals surface area contributed by atoms with E-state index in [0.29, 0.717) is 12.5 Å². The largest absolute Gasteiger partial charge is 0.383 e. The summed E-state index contributed by atoms with van der Waals surface area (Å²) in [5.41, 5.74) is 0.885. The van der Waals surface area contributed by atoms with E-state index in [1.54, 1.807) is 14.2 Å². The molecule has 1 fully saturated rings. The predicted octanol–water partition coefficient (Wildman–Crippen LogP) is 1.46. The van der Waals surface area contributed by atoms with Crippen LogP contribution in [-0.4, -0.2) is 57.8 Å². The number of ether oxygens (including phenoxy) is 2. The molecule has 1 heterocycles. The molecular weight excluding hydrogens is 280 g/mol. The summed E-state index contributed by atoms with van der Waals surface area (Å²) in [5.74, 6) is 0.443. The average Bonchev–Trinajstić information content (AvgIpc) is 3.00. The Labute approximate surface area is 132 Å². The molecule has 0 bridgehead atoms. The smallest absolute Gasteiger partial charge is 0.253 e. The van der Waals surface area contributed by atoms with E-state index >= 15 is 0 Å². The standard InChI is InChI=1S/C17H26N2O3/c1-21-11-10-19-9-8-14(13-19)12-18-17(20)16(22-2)15-6-4-3-5-7-15/h3-7,14,16H,8-13H2,1-2H3,(H,18,20). The highest BCUT2D eigenvalue weighted by Crippen LogP contribution is 2.18. The molecule has 1 aromatic carbocycles. The van der Waals surface area contributed by atoms with E-state index in [9.17, 15) is 4.79 Å². The van der Waals surface area contributed by atoms with Crippen molar-refractivity contribution < 1.29 is 14.3 Å². The van der Waals surface area contributed by atoms with Gasteiger partial charge in [0.25, 0.3) is 5.91 Å². The van der Waals surface area contributed by atoms with Crippen LogP contribution in [0.4, 0.5) is 0 Å². The average molecular weight is 306 g/mol. The molecule has 0 spiro atoms. The number of benzene rings is 1. The predicted molar refractivity (Wildman–Crippen MR) is 85.6 cm³/mol. The fourth-order valence-electron chi connectivity index (χ4n) is 2.86. The number of amides is 1. The summed E-state index contributed by atoms with van der Waals surface area (Å²) >= 11 is 0. The van der Waals surface area contributed by atoms with Crippen molar-refractivity contribution in [2.75, 3.05) is 47.0 Å². The molecule has 122 valence electrons. The van der Waals surface area contributed by atoms with Gasteiger partial charge in [-0.1, -0.05) is 30.3 Å². The molecule has 0 aromatic heterocycles. The summed E-state index contributed by atoms with van der Waals surface area (Å²) in [6, 6.07) is 9.59. The molecule has 2 rings (SSSR count). The van der Waals surface area contributed by atoms with E-state index in [4.69, 9.17) is 9.47 Å². The van der Waals surface area contributed by atoms with Crippen LogP contribution in [0.25, 0.3) is 0 Å². The summed E-state index contributed by atoms with van der Waals surface area (Å²) in [4.78, 5) is 14.7. The molecule has 0 aliphatic carbocycles. The molecule has 2 unspecified atom stereocenters. The van der Waals surface area contributed by atoms with Crippen LogP contribution in [0.15, 0.2) is 30.3 Å². The maximum Gasteiger partial charge on any atom is 0.253 e. The van der Waals surface area contributed by atoms with Gasteiger partial charge in [-0.05, 0) is 24.4 Å². The molecular formula is C17H26N2O3. The molecule has 0 radical (unpaired) electrons. The zero-order valence-corrected chi connectivity index (χ0v) is 13.5. The van der Waals surface area contributed by atoms with Crippen LogP contribution < -0.4 is 5.32 Å². The molecule has 1 saturated heterocycles. The topological polar surface area (TPSA) is 50.8 Å². The summed E-state index contributed by atoms with van der Waals surface area (Å²) in [5, 5.41) is 3.03. The summed E-state index contributed by atoms with van der Waals surface area (Å²) in [6.07, 6.45) is 0.583. The van der Waals surface area contributed by atoms with Gasteiger partial charge in [-0.15, -0.1) is 0 Å². The van der Waals surface area contributed by atoms with Crippen LogP contribution in [0.5, 0.6) is 0 Å². The van der Waals surface area contributed by atoms with E-state index in [-0.39, 0.29) is 5.91 Å². The third kappa shape index (κ3) is 4.80. The number of hydrogen-bond acceptors (Lipinski definition) is 4. The first kappa shape index (κ1) is 16.9. The Morgan fingerprint density at radius 1 is 1.36 bits per heavy atom. The molecule has 1 N–H and O–H groups in total. The zero-order valence-electron chi connectivity index (χ0n) is 13.5. The van der Waals surface area contributed by atoms with Gasteiger partial charge in [-0.2, -0.15) is 0 Å². The number of carbonyl (C=O) groups is 1. The van der Waals surface area contributed by atoms with Crippen LogP contribution >= 0.6 is 0 Å². The molecule has 1 aliphatic heterocycles. The van der Waals surface area contributed by atoms with Gasteiger partial charge < -0.3 is 19.7 Å². The Morgan fingerprint density at radius 2 is 2.14 bits per heavy atom. The van der Waals surface area contributed by atoms with E-state index in [1.165, 1.54) is 0 Å². The SMILES string of the molecule is COCCN1CCC(CNC(=O)C(OC)c2ccccc2)C1. The third-order valence-corrected chi connectivity index (χ3v) is 4.12. The van der Waals surface area contributed by atoms with E-state index < -0.39 is 6.10 Å². The normalized spacial score (nSPS) is 20.0. The molecule has 1 aromatic rings. The van der Waals surface area contributed by atoms with Gasteiger partial charge in [0, 0.05) is 33.9 Å². The maximum absolute atomic E-state index is 12.3. The minimum atomic E-state index is -0.535. The third-order valence-electron chi connectivity index (χ3n) is 4.12. The van der Waals surface area contributed by atoms with E-state index in [0.717, 1.165) is 38.2 Å². The summed E-state index contributed by atoms with van der Waals surface area (Å²) < 4.78 is 10.5. The quantitative estimate of drug-likeness (QED) is 0.790. The van der Waals surface area contributed by atoms with Crippen molar-refractivity contribution in [3.63, 3.8) is 0 Å². The Kier molecular flexibility index (Phi) is 6.83. The molecule has 5 nitrogen and oxygen atoms in total. The molecule has 5 heteroatoms. The molecule has 22 heavy (non-hydrogen) atoms. The summed E-state index contributed by atoms with van der Waals surface area (Å²) in [6.45, 7) is 4.53. The van der Waals surface area contributed by atoms with Gasteiger partial charge in [0.2, 0.25) is 0 Å². The second-order valence-corrected chi connectivity index (χ2v) is 5.72. The highest BCUT2D eigenvalue weighted by Gasteiger charge is 2.25. The van der Waals surface area contributed by atoms with Crippen LogP contribution in [0.2, 0.25) is 0 Å². The molecule has 1 aliphatic rings. The van der Waals surface area contributed by atoms with Crippen LogP contribution in [0.1, 0.15) is 18.1 Å². The number of nitrogens with one attached hydrogen (secondary N) is 1. The van der Waals surface area contributed by atoms with E-state index in [2.05, 4.69) is 10.2 Å². The van der Waals surface area contributed by atoms with Crippen molar-refractivity contribution in [2.24, 2.45) is 5.92 Å². The number of nitrogens with zero attached hydrogens (tertiary/aromatic N) is 1. The lowest BCUT2D eigenvalue weighted by atomic mass is 10.1. The van der Waals surface area contributed by atoms with Gasteiger partial charge in [-0.3, -0.25) is 4.79 Å². The first-order chi connectivity index (χ1) is 10.7. The minimum absolute atomic E-state index is 0.0657. The van der Waals surface area contributed by atoms with Gasteiger partial charge in [-0.25, -0.2) is 0 Å². The van der Waals surface area contributed by atoms with Gasteiger partial charge in [0.15, 0.2) is 6.10 Å². The highest BCUT2D eigenvalue weighted by atomic mass is 16.5. The minimum Gasteiger partial charge on any atom is -0.383 e. The number of methoxy groups -OCH3 is 2. The fourth-order valence-corrected chi connectivity index (χ4v) is 2.86. The molecule has 1 amide bonds. The lowest BCUT2D eigenvalue weighted by Crippen LogP contribution is -2.35. The number of carbonyl (C=O) groups excluding carboxylic acids is 1. The van der Waals surface area contributed by atoms with E-state index in [1.807, 2.05) is 30.3 Å². The Morgan fingerprint density at radius 3 is 2.82 bits per heavy atom. The highest BCUT2D eigenvalue weighted by molar-refractivity contribution is 5.82. The van der Waals surface area contributed by atoms with Crippen molar-refractivity contribution in [2.45, 2.75) is 12.5 Å². The maximum atomic E-state index is 12.3.